The molecular formula is C25H34F2N6O2S. The Balaban J connectivity index is 1.16. The third-order valence-electron chi connectivity index (χ3n) is 8.51. The highest BCUT2D eigenvalue weighted by Crippen LogP contribution is 2.42. The summed E-state index contributed by atoms with van der Waals surface area (Å²) in [7, 11) is -3.20. The quantitative estimate of drug-likeness (QED) is 0.579. The molecule has 1 aliphatic carbocycles. The first-order valence-corrected chi connectivity index (χ1v) is 14.7. The van der Waals surface area contributed by atoms with Crippen LogP contribution in [0.25, 0.3) is 10.9 Å². The van der Waals surface area contributed by atoms with Crippen LogP contribution in [-0.4, -0.2) is 73.8 Å². The number of alkyl halides is 2. The van der Waals surface area contributed by atoms with Gasteiger partial charge in [0.25, 0.3) is 6.43 Å². The topological polar surface area (TPSA) is 90.5 Å². The van der Waals surface area contributed by atoms with Crippen LogP contribution in [0, 0.1) is 11.3 Å². The first-order valence-electron chi connectivity index (χ1n) is 13.1. The minimum absolute atomic E-state index is 0.0113. The largest absolute Gasteiger partial charge is 0.368 e. The van der Waals surface area contributed by atoms with Gasteiger partial charge < -0.3 is 15.5 Å². The van der Waals surface area contributed by atoms with Crippen LogP contribution >= 0.6 is 0 Å². The van der Waals surface area contributed by atoms with Crippen LogP contribution in [0.15, 0.2) is 18.3 Å². The van der Waals surface area contributed by atoms with E-state index in [2.05, 4.69) is 20.5 Å². The van der Waals surface area contributed by atoms with Gasteiger partial charge in [0.2, 0.25) is 16.0 Å². The number of nitrogens with zero attached hydrogens (tertiary/aromatic N) is 4. The Morgan fingerprint density at radius 2 is 1.94 bits per heavy atom. The summed E-state index contributed by atoms with van der Waals surface area (Å²) in [5.41, 5.74) is 1.64. The minimum Gasteiger partial charge on any atom is -0.368 e. The number of hydrogen-bond donors (Lipinski definition) is 2. The smallest absolute Gasteiger partial charge is 0.263 e. The Bertz CT molecular complexity index is 1220. The van der Waals surface area contributed by atoms with Crippen LogP contribution in [0.5, 0.6) is 0 Å². The molecule has 1 saturated carbocycles. The summed E-state index contributed by atoms with van der Waals surface area (Å²) in [5, 5.41) is 7.40. The van der Waals surface area contributed by atoms with E-state index >= 15 is 0 Å². The van der Waals surface area contributed by atoms with Gasteiger partial charge in [-0.05, 0) is 56.7 Å². The molecule has 2 N–H and O–H groups in total. The Kier molecular flexibility index (Phi) is 6.28. The fourth-order valence-electron chi connectivity index (χ4n) is 6.11. The minimum atomic E-state index is -3.20. The SMILES string of the molecule is O=S(=O)(CC1CCC1)N1CCC(Nc2ncc3cc(C(F)F)cc(N4CC5(CCNC5)C4)c3n2)CC1. The molecule has 196 valence electrons. The number of anilines is 2. The average molecular weight is 521 g/mol. The van der Waals surface area contributed by atoms with E-state index in [-0.39, 0.29) is 22.8 Å². The summed E-state index contributed by atoms with van der Waals surface area (Å²) in [5.74, 6) is 1.06. The van der Waals surface area contributed by atoms with Gasteiger partial charge in [-0.2, -0.15) is 0 Å². The lowest BCUT2D eigenvalue weighted by atomic mass is 9.78. The van der Waals surface area contributed by atoms with Crippen molar-refractivity contribution in [2.45, 2.75) is 51.0 Å². The lowest BCUT2D eigenvalue weighted by molar-refractivity contribution is 0.151. The molecule has 4 aliphatic rings. The molecule has 0 unspecified atom stereocenters. The molecule has 1 aromatic carbocycles. The molecule has 0 bridgehead atoms. The normalized spacial score (nSPS) is 23.4. The van der Waals surface area contributed by atoms with Crippen LogP contribution in [0.4, 0.5) is 20.4 Å². The number of hydrogen-bond acceptors (Lipinski definition) is 7. The van der Waals surface area contributed by atoms with Crippen LogP contribution in [0.2, 0.25) is 0 Å². The molecule has 36 heavy (non-hydrogen) atoms. The highest BCUT2D eigenvalue weighted by Gasteiger charge is 2.45. The van der Waals surface area contributed by atoms with Gasteiger partial charge in [0.05, 0.1) is 17.0 Å². The van der Waals surface area contributed by atoms with Gasteiger partial charge in [0, 0.05) is 61.3 Å². The maximum absolute atomic E-state index is 13.6. The Labute approximate surface area is 210 Å². The van der Waals surface area contributed by atoms with Crippen molar-refractivity contribution in [3.63, 3.8) is 0 Å². The Morgan fingerprint density at radius 1 is 1.17 bits per heavy atom. The lowest BCUT2D eigenvalue weighted by Gasteiger charge is -2.49. The molecule has 3 saturated heterocycles. The first-order chi connectivity index (χ1) is 17.3. The average Bonchev–Trinajstić information content (AvgIpc) is 3.31. The van der Waals surface area contributed by atoms with Gasteiger partial charge in [0.15, 0.2) is 0 Å². The van der Waals surface area contributed by atoms with E-state index in [0.717, 1.165) is 57.5 Å². The highest BCUT2D eigenvalue weighted by atomic mass is 32.2. The highest BCUT2D eigenvalue weighted by molar-refractivity contribution is 7.89. The standard InChI is InChI=1S/C25H34F2N6O2S/c26-23(27)18-10-19-12-29-24(31-22(19)21(11-18)32-15-25(16-32)6-7-28-14-25)30-20-4-8-33(9-5-20)36(34,35)13-17-2-1-3-17/h10-12,17,20,23,28H,1-9,13-16H2,(H,29,30,31). The second-order valence-electron chi connectivity index (χ2n) is 11.1. The Morgan fingerprint density at radius 3 is 2.58 bits per heavy atom. The number of fused-ring (bicyclic) bond motifs is 1. The molecule has 4 heterocycles. The van der Waals surface area contributed by atoms with E-state index in [9.17, 15) is 17.2 Å². The predicted octanol–water partition coefficient (Wildman–Crippen LogP) is 3.37. The molecule has 3 aliphatic heterocycles. The third kappa shape index (κ3) is 4.65. The molecule has 0 amide bonds. The predicted molar refractivity (Wildman–Crippen MR) is 136 cm³/mol. The number of halogens is 2. The fraction of sp³-hybridized carbons (Fsp3) is 0.680. The first kappa shape index (κ1) is 24.2. The van der Waals surface area contributed by atoms with E-state index in [1.807, 2.05) is 0 Å². The van der Waals surface area contributed by atoms with Gasteiger partial charge in [0.1, 0.15) is 0 Å². The zero-order valence-electron chi connectivity index (χ0n) is 20.4. The maximum Gasteiger partial charge on any atom is 0.263 e. The van der Waals surface area contributed by atoms with E-state index in [1.54, 1.807) is 16.6 Å². The molecule has 0 atom stereocenters. The van der Waals surface area contributed by atoms with Gasteiger partial charge in [-0.1, -0.05) is 6.42 Å². The number of sulfonamides is 1. The molecule has 4 fully saturated rings. The van der Waals surface area contributed by atoms with Crippen molar-refractivity contribution in [1.29, 1.82) is 0 Å². The summed E-state index contributed by atoms with van der Waals surface area (Å²) < 4.78 is 54.3. The fourth-order valence-corrected chi connectivity index (χ4v) is 8.02. The summed E-state index contributed by atoms with van der Waals surface area (Å²) in [6.45, 7) is 4.63. The van der Waals surface area contributed by atoms with Crippen molar-refractivity contribution in [1.82, 2.24) is 19.6 Å². The Hall–Kier alpha value is -2.11. The van der Waals surface area contributed by atoms with Crippen molar-refractivity contribution in [3.05, 3.63) is 23.9 Å². The van der Waals surface area contributed by atoms with Gasteiger partial charge >= 0.3 is 0 Å². The molecule has 2 aromatic rings. The molecule has 1 spiro atoms. The van der Waals surface area contributed by atoms with Crippen molar-refractivity contribution in [2.24, 2.45) is 11.3 Å². The number of nitrogens with one attached hydrogen (secondary N) is 2. The van der Waals surface area contributed by atoms with Gasteiger partial charge in [-0.15, -0.1) is 0 Å². The van der Waals surface area contributed by atoms with Crippen molar-refractivity contribution < 1.29 is 17.2 Å². The molecule has 11 heteroatoms. The van der Waals surface area contributed by atoms with E-state index in [0.29, 0.717) is 48.7 Å². The summed E-state index contributed by atoms with van der Waals surface area (Å²) in [6, 6.07) is 3.12. The molecule has 6 rings (SSSR count). The number of aromatic nitrogens is 2. The zero-order chi connectivity index (χ0) is 24.9. The second-order valence-corrected chi connectivity index (χ2v) is 13.2. The van der Waals surface area contributed by atoms with Crippen LogP contribution in [-0.2, 0) is 10.0 Å². The molecule has 8 nitrogen and oxygen atoms in total. The molecular weight excluding hydrogens is 486 g/mol. The monoisotopic (exact) mass is 520 g/mol. The summed E-state index contributed by atoms with van der Waals surface area (Å²) in [6.07, 6.45) is 4.71. The van der Waals surface area contributed by atoms with E-state index < -0.39 is 16.4 Å². The number of piperidine rings is 1. The zero-order valence-corrected chi connectivity index (χ0v) is 21.2. The van der Waals surface area contributed by atoms with E-state index in [4.69, 9.17) is 4.98 Å². The van der Waals surface area contributed by atoms with Gasteiger partial charge in [-0.25, -0.2) is 31.5 Å². The number of rotatable bonds is 7. The maximum atomic E-state index is 13.6. The third-order valence-corrected chi connectivity index (χ3v) is 10.6. The van der Waals surface area contributed by atoms with Crippen LogP contribution in [0.1, 0.15) is 50.5 Å². The van der Waals surface area contributed by atoms with Crippen molar-refractivity contribution in [3.8, 4) is 0 Å². The van der Waals surface area contributed by atoms with Crippen molar-refractivity contribution in [2.75, 3.05) is 55.2 Å². The van der Waals surface area contributed by atoms with Crippen LogP contribution in [0.3, 0.4) is 0 Å². The van der Waals surface area contributed by atoms with Gasteiger partial charge in [-0.3, -0.25) is 0 Å². The van der Waals surface area contributed by atoms with Crippen LogP contribution < -0.4 is 15.5 Å². The van der Waals surface area contributed by atoms with Crippen molar-refractivity contribution >= 4 is 32.6 Å². The lowest BCUT2D eigenvalue weighted by Crippen LogP contribution is -2.57. The second kappa shape index (κ2) is 9.33. The summed E-state index contributed by atoms with van der Waals surface area (Å²) in [4.78, 5) is 11.3. The number of benzene rings is 1. The molecule has 0 radical (unpaired) electrons. The van der Waals surface area contributed by atoms with E-state index in [1.165, 1.54) is 6.07 Å². The summed E-state index contributed by atoms with van der Waals surface area (Å²) >= 11 is 0. The molecule has 1 aromatic heterocycles.